The van der Waals surface area contributed by atoms with Crippen molar-refractivity contribution in [2.45, 2.75) is 19.9 Å². The van der Waals surface area contributed by atoms with Crippen LogP contribution in [0.25, 0.3) is 0 Å². The summed E-state index contributed by atoms with van der Waals surface area (Å²) in [6.45, 7) is 4.45. The summed E-state index contributed by atoms with van der Waals surface area (Å²) in [4.78, 5) is 5.13. The molecule has 0 saturated carbocycles. The van der Waals surface area contributed by atoms with E-state index in [9.17, 15) is 0 Å². The molecule has 1 atom stereocenters. The van der Waals surface area contributed by atoms with E-state index in [1.54, 1.807) is 0 Å². The Balaban J connectivity index is 1.67. The summed E-state index contributed by atoms with van der Waals surface area (Å²) in [7, 11) is -0.749. The highest BCUT2D eigenvalue weighted by molar-refractivity contribution is 7.80. The lowest BCUT2D eigenvalue weighted by Crippen LogP contribution is -2.29. The molecule has 0 N–H and O–H groups in total. The average Bonchev–Trinajstić information content (AvgIpc) is 2.85. The number of hydrogen-bond acceptors (Lipinski definition) is 2. The second kappa shape index (κ2) is 9.10. The fraction of sp³-hybridized carbons (Fsp3) is 0.138. The summed E-state index contributed by atoms with van der Waals surface area (Å²) in [5.74, 6) is 2.01. The van der Waals surface area contributed by atoms with Gasteiger partial charge in [-0.05, 0) is 41.9 Å². The zero-order valence-electron chi connectivity index (χ0n) is 18.3. The third-order valence-corrected chi connectivity index (χ3v) is 8.24. The van der Waals surface area contributed by atoms with Crippen molar-refractivity contribution >= 4 is 29.7 Å². The largest absolute Gasteiger partial charge is 0.438 e. The number of aliphatic imine (C=N–C) groups is 1. The van der Waals surface area contributed by atoms with E-state index >= 15 is 0 Å². The van der Waals surface area contributed by atoms with Crippen molar-refractivity contribution in [2.24, 2.45) is 10.9 Å². The molecule has 1 heterocycles. The molecule has 5 rings (SSSR count). The Morgan fingerprint density at radius 3 is 1.91 bits per heavy atom. The average molecular weight is 436 g/mol. The summed E-state index contributed by atoms with van der Waals surface area (Å²) < 4.78 is 6.42. The van der Waals surface area contributed by atoms with Gasteiger partial charge < -0.3 is 4.74 Å². The van der Waals surface area contributed by atoms with Crippen molar-refractivity contribution < 1.29 is 4.74 Å². The molecule has 0 aromatic heterocycles. The normalized spacial score (nSPS) is 15.2. The molecule has 4 aromatic rings. The van der Waals surface area contributed by atoms with Crippen LogP contribution in [0.4, 0.5) is 0 Å². The molecule has 4 aromatic carbocycles. The monoisotopic (exact) mass is 435 g/mol. The number of ether oxygens (including phenoxy) is 1. The van der Waals surface area contributed by atoms with Gasteiger partial charge in [0.25, 0.3) is 0 Å². The first kappa shape index (κ1) is 20.7. The van der Waals surface area contributed by atoms with Crippen LogP contribution in [0, 0.1) is 5.92 Å². The molecule has 0 radical (unpaired) electrons. The minimum Gasteiger partial charge on any atom is -0.438 e. The molecule has 0 unspecified atom stereocenters. The van der Waals surface area contributed by atoms with Gasteiger partial charge in [-0.1, -0.05) is 111 Å². The molecule has 2 nitrogen and oxygen atoms in total. The van der Waals surface area contributed by atoms with Gasteiger partial charge >= 0.3 is 0 Å². The lowest BCUT2D eigenvalue weighted by molar-refractivity contribution is 0.440. The lowest BCUT2D eigenvalue weighted by Gasteiger charge is -2.28. The Labute approximate surface area is 191 Å². The third kappa shape index (κ3) is 3.99. The van der Waals surface area contributed by atoms with Gasteiger partial charge in [0.1, 0.15) is 5.75 Å². The molecule has 1 aliphatic heterocycles. The van der Waals surface area contributed by atoms with Crippen LogP contribution in [0.15, 0.2) is 114 Å². The summed E-state index contributed by atoms with van der Waals surface area (Å²) in [6.07, 6.45) is 0. The number of rotatable bonds is 5. The Morgan fingerprint density at radius 1 is 0.688 bits per heavy atom. The van der Waals surface area contributed by atoms with Gasteiger partial charge in [-0.25, -0.2) is 4.99 Å². The molecular formula is C29H26NOP. The zero-order chi connectivity index (χ0) is 21.9. The number of hydrogen-bond donors (Lipinski definition) is 0. The smallest absolute Gasteiger partial charge is 0.223 e. The van der Waals surface area contributed by atoms with Crippen LogP contribution >= 0.6 is 7.92 Å². The number of fused-ring (bicyclic) bond motifs is 1. The lowest BCUT2D eigenvalue weighted by atomic mass is 9.94. The van der Waals surface area contributed by atoms with E-state index in [2.05, 4.69) is 117 Å². The Morgan fingerprint density at radius 2 is 1.25 bits per heavy atom. The van der Waals surface area contributed by atoms with Crippen molar-refractivity contribution in [3.63, 3.8) is 0 Å². The van der Waals surface area contributed by atoms with E-state index in [0.29, 0.717) is 5.92 Å². The predicted molar refractivity (Wildman–Crippen MR) is 136 cm³/mol. The van der Waals surface area contributed by atoms with Crippen LogP contribution in [0.3, 0.4) is 0 Å². The highest BCUT2D eigenvalue weighted by atomic mass is 31.1. The molecule has 0 aliphatic carbocycles. The number of para-hydroxylation sites is 1. The molecule has 3 heteroatoms. The second-order valence-corrected chi connectivity index (χ2v) is 10.5. The predicted octanol–water partition coefficient (Wildman–Crippen LogP) is 5.98. The van der Waals surface area contributed by atoms with Gasteiger partial charge in [0.2, 0.25) is 5.90 Å². The highest BCUT2D eigenvalue weighted by Gasteiger charge is 2.29. The van der Waals surface area contributed by atoms with Crippen molar-refractivity contribution in [2.75, 3.05) is 0 Å². The van der Waals surface area contributed by atoms with Crippen LogP contribution in [0.2, 0.25) is 0 Å². The topological polar surface area (TPSA) is 21.6 Å². The minimum atomic E-state index is -0.749. The SMILES string of the molecule is CC(C)[C@@H]1N=C(c2ccccc2P(c2ccccc2)c2ccccc2)Oc2ccccc21. The van der Waals surface area contributed by atoms with Crippen LogP contribution in [-0.4, -0.2) is 5.90 Å². The highest BCUT2D eigenvalue weighted by Crippen LogP contribution is 2.39. The standard InChI is InChI=1S/C29H26NOP/c1-21(2)28-24-17-9-11-19-26(24)31-29(30-28)25-18-10-12-20-27(25)32(22-13-5-3-6-14-22)23-15-7-4-8-16-23/h3-21,28H,1-2H3/t28-/m0/s1. The molecule has 0 amide bonds. The summed E-state index contributed by atoms with van der Waals surface area (Å²) in [6, 6.07) is 38.5. The second-order valence-electron chi connectivity index (χ2n) is 8.29. The van der Waals surface area contributed by atoms with Crippen LogP contribution in [0.1, 0.15) is 31.0 Å². The van der Waals surface area contributed by atoms with Crippen molar-refractivity contribution in [3.05, 3.63) is 120 Å². The summed E-state index contributed by atoms with van der Waals surface area (Å²) in [5.41, 5.74) is 2.24. The third-order valence-electron chi connectivity index (χ3n) is 5.74. The van der Waals surface area contributed by atoms with Crippen LogP contribution < -0.4 is 20.7 Å². The Bertz CT molecular complexity index is 1190. The Kier molecular flexibility index (Phi) is 5.88. The molecular weight excluding hydrogens is 409 g/mol. The van der Waals surface area contributed by atoms with E-state index in [1.807, 2.05) is 6.07 Å². The van der Waals surface area contributed by atoms with E-state index in [0.717, 1.165) is 22.8 Å². The molecule has 32 heavy (non-hydrogen) atoms. The first-order valence-corrected chi connectivity index (χ1v) is 12.4. The molecule has 158 valence electrons. The number of nitrogens with zero attached hydrogens (tertiary/aromatic N) is 1. The van der Waals surface area contributed by atoms with Crippen molar-refractivity contribution in [1.29, 1.82) is 0 Å². The molecule has 0 saturated heterocycles. The minimum absolute atomic E-state index is 0.0858. The van der Waals surface area contributed by atoms with E-state index in [1.165, 1.54) is 15.9 Å². The molecule has 1 aliphatic rings. The van der Waals surface area contributed by atoms with Crippen molar-refractivity contribution in [1.82, 2.24) is 0 Å². The van der Waals surface area contributed by atoms with E-state index < -0.39 is 7.92 Å². The number of benzene rings is 4. The van der Waals surface area contributed by atoms with E-state index in [4.69, 9.17) is 9.73 Å². The first-order valence-electron chi connectivity index (χ1n) is 11.1. The fourth-order valence-electron chi connectivity index (χ4n) is 4.21. The molecule has 0 fully saturated rings. The van der Waals surface area contributed by atoms with Gasteiger partial charge in [-0.3, -0.25) is 0 Å². The summed E-state index contributed by atoms with van der Waals surface area (Å²) in [5, 5.41) is 3.90. The fourth-order valence-corrected chi connectivity index (χ4v) is 6.65. The maximum Gasteiger partial charge on any atom is 0.223 e. The van der Waals surface area contributed by atoms with Gasteiger partial charge in [0.15, 0.2) is 0 Å². The quantitative estimate of drug-likeness (QED) is 0.353. The maximum absolute atomic E-state index is 6.42. The van der Waals surface area contributed by atoms with Gasteiger partial charge in [0.05, 0.1) is 6.04 Å². The maximum atomic E-state index is 6.42. The summed E-state index contributed by atoms with van der Waals surface area (Å²) >= 11 is 0. The Hall–Kier alpha value is -3.22. The van der Waals surface area contributed by atoms with Crippen molar-refractivity contribution in [3.8, 4) is 5.75 Å². The van der Waals surface area contributed by atoms with Gasteiger partial charge in [0, 0.05) is 11.1 Å². The molecule has 0 spiro atoms. The molecule has 0 bridgehead atoms. The first-order chi connectivity index (χ1) is 15.7. The van der Waals surface area contributed by atoms with Gasteiger partial charge in [-0.15, -0.1) is 0 Å². The van der Waals surface area contributed by atoms with E-state index in [-0.39, 0.29) is 6.04 Å². The van der Waals surface area contributed by atoms with Gasteiger partial charge in [-0.2, -0.15) is 0 Å². The zero-order valence-corrected chi connectivity index (χ0v) is 19.2. The van der Waals surface area contributed by atoms with Crippen LogP contribution in [0.5, 0.6) is 5.75 Å². The van der Waals surface area contributed by atoms with Crippen LogP contribution in [-0.2, 0) is 0 Å².